The van der Waals surface area contributed by atoms with Crippen LogP contribution in [0.4, 0.5) is 0 Å². The summed E-state index contributed by atoms with van der Waals surface area (Å²) in [5.74, 6) is -0.0782. The van der Waals surface area contributed by atoms with Gasteiger partial charge in [-0.25, -0.2) is 8.42 Å². The summed E-state index contributed by atoms with van der Waals surface area (Å²) in [5, 5.41) is 2.94. The molecule has 2 aromatic rings. The fourth-order valence-corrected chi connectivity index (χ4v) is 5.18. The van der Waals surface area contributed by atoms with Gasteiger partial charge in [-0.3, -0.25) is 9.69 Å². The first kappa shape index (κ1) is 21.2. The average Bonchev–Trinajstić information content (AvgIpc) is 2.69. The van der Waals surface area contributed by atoms with Crippen LogP contribution in [0.15, 0.2) is 53.4 Å². The minimum Gasteiger partial charge on any atom is -0.351 e. The summed E-state index contributed by atoms with van der Waals surface area (Å²) < 4.78 is 28.0. The van der Waals surface area contributed by atoms with E-state index in [0.29, 0.717) is 49.7 Å². The quantitative estimate of drug-likeness (QED) is 0.603. The van der Waals surface area contributed by atoms with E-state index in [4.69, 9.17) is 0 Å². The number of aryl methyl sites for hydroxylation is 1. The van der Waals surface area contributed by atoms with Crippen LogP contribution in [-0.2, 0) is 10.0 Å². The molecule has 0 unspecified atom stereocenters. The van der Waals surface area contributed by atoms with Crippen LogP contribution in [0.2, 0.25) is 0 Å². The Labute approximate surface area is 180 Å². The van der Waals surface area contributed by atoms with Crippen molar-refractivity contribution in [1.82, 2.24) is 14.5 Å². The number of rotatable bonds is 6. The molecule has 2 aromatic carbocycles. The normalized spacial score (nSPS) is 16.1. The minimum atomic E-state index is -3.44. The number of sulfonamides is 1. The molecule has 1 aliphatic rings. The van der Waals surface area contributed by atoms with Gasteiger partial charge in [0.25, 0.3) is 5.91 Å². The largest absolute Gasteiger partial charge is 0.351 e. The van der Waals surface area contributed by atoms with Gasteiger partial charge in [-0.1, -0.05) is 29.8 Å². The van der Waals surface area contributed by atoms with Crippen LogP contribution < -0.4 is 5.32 Å². The number of benzene rings is 2. The molecule has 0 aromatic heterocycles. The summed E-state index contributed by atoms with van der Waals surface area (Å²) in [4.78, 5) is 14.8. The summed E-state index contributed by atoms with van der Waals surface area (Å²) >= 11 is 2.15. The zero-order valence-corrected chi connectivity index (χ0v) is 18.7. The molecule has 0 radical (unpaired) electrons. The Kier molecular flexibility index (Phi) is 7.08. The Morgan fingerprint density at radius 2 is 1.68 bits per heavy atom. The lowest BCUT2D eigenvalue weighted by atomic mass is 10.2. The fourth-order valence-electron chi connectivity index (χ4n) is 3.12. The number of halogens is 1. The van der Waals surface area contributed by atoms with Crippen LogP contribution in [0.3, 0.4) is 0 Å². The Balaban J connectivity index is 1.47. The summed E-state index contributed by atoms with van der Waals surface area (Å²) in [6, 6.07) is 14.4. The number of nitrogens with one attached hydrogen (secondary N) is 1. The molecule has 0 saturated carbocycles. The van der Waals surface area contributed by atoms with Crippen molar-refractivity contribution in [3.8, 4) is 0 Å². The fraction of sp³-hybridized carbons (Fsp3) is 0.350. The van der Waals surface area contributed by atoms with Crippen molar-refractivity contribution in [2.24, 2.45) is 0 Å². The monoisotopic (exact) mass is 513 g/mol. The molecule has 1 saturated heterocycles. The number of piperazine rings is 1. The highest BCUT2D eigenvalue weighted by molar-refractivity contribution is 14.1. The summed E-state index contributed by atoms with van der Waals surface area (Å²) in [5.41, 5.74) is 1.72. The van der Waals surface area contributed by atoms with Gasteiger partial charge < -0.3 is 5.32 Å². The molecule has 6 nitrogen and oxygen atoms in total. The lowest BCUT2D eigenvalue weighted by Gasteiger charge is -2.34. The van der Waals surface area contributed by atoms with Gasteiger partial charge in [0.2, 0.25) is 10.0 Å². The molecule has 150 valence electrons. The van der Waals surface area contributed by atoms with E-state index in [-0.39, 0.29) is 5.91 Å². The predicted molar refractivity (Wildman–Crippen MR) is 118 cm³/mol. The predicted octanol–water partition coefficient (Wildman–Crippen LogP) is 2.34. The van der Waals surface area contributed by atoms with Crippen molar-refractivity contribution in [2.75, 3.05) is 39.3 Å². The van der Waals surface area contributed by atoms with Crippen LogP contribution in [0, 0.1) is 10.5 Å². The lowest BCUT2D eigenvalue weighted by Crippen LogP contribution is -2.50. The maximum Gasteiger partial charge on any atom is 0.252 e. The third-order valence-corrected chi connectivity index (χ3v) is 7.68. The van der Waals surface area contributed by atoms with Gasteiger partial charge in [0.15, 0.2) is 0 Å². The van der Waals surface area contributed by atoms with E-state index >= 15 is 0 Å². The van der Waals surface area contributed by atoms with E-state index in [1.807, 2.05) is 43.3 Å². The molecule has 1 N–H and O–H groups in total. The van der Waals surface area contributed by atoms with Crippen LogP contribution in [0.25, 0.3) is 0 Å². The van der Waals surface area contributed by atoms with E-state index in [1.165, 1.54) is 0 Å². The number of hydrogen-bond acceptors (Lipinski definition) is 4. The molecule has 1 amide bonds. The van der Waals surface area contributed by atoms with Crippen molar-refractivity contribution in [3.05, 3.63) is 63.2 Å². The van der Waals surface area contributed by atoms with Gasteiger partial charge in [-0.2, -0.15) is 4.31 Å². The maximum atomic E-state index is 12.7. The standard InChI is InChI=1S/C20H24IN3O3S/c1-16-6-8-17(9-7-16)28(26,27)24-14-12-23(13-15-24)11-10-22-20(25)18-4-2-3-5-19(18)21/h2-9H,10-15H2,1H3,(H,22,25). The Hall–Kier alpha value is -1.49. The summed E-state index contributed by atoms with van der Waals surface area (Å²) in [6.45, 7) is 5.41. The third kappa shape index (κ3) is 5.11. The van der Waals surface area contributed by atoms with Gasteiger partial charge >= 0.3 is 0 Å². The van der Waals surface area contributed by atoms with Crippen LogP contribution in [0.1, 0.15) is 15.9 Å². The smallest absolute Gasteiger partial charge is 0.252 e. The van der Waals surface area contributed by atoms with Crippen molar-refractivity contribution in [2.45, 2.75) is 11.8 Å². The number of carbonyl (C=O) groups excluding carboxylic acids is 1. The molecule has 0 bridgehead atoms. The summed E-state index contributed by atoms with van der Waals surface area (Å²) in [6.07, 6.45) is 0. The lowest BCUT2D eigenvalue weighted by molar-refractivity contribution is 0.0944. The number of amides is 1. The van der Waals surface area contributed by atoms with Crippen molar-refractivity contribution < 1.29 is 13.2 Å². The van der Waals surface area contributed by atoms with Crippen molar-refractivity contribution >= 4 is 38.5 Å². The highest BCUT2D eigenvalue weighted by Gasteiger charge is 2.28. The number of carbonyl (C=O) groups is 1. The van der Waals surface area contributed by atoms with E-state index < -0.39 is 10.0 Å². The van der Waals surface area contributed by atoms with Gasteiger partial charge in [-0.05, 0) is 53.8 Å². The van der Waals surface area contributed by atoms with E-state index in [9.17, 15) is 13.2 Å². The first-order valence-electron chi connectivity index (χ1n) is 9.20. The highest BCUT2D eigenvalue weighted by Crippen LogP contribution is 2.18. The molecular formula is C20H24IN3O3S. The SMILES string of the molecule is Cc1ccc(S(=O)(=O)N2CCN(CCNC(=O)c3ccccc3I)CC2)cc1. The van der Waals surface area contributed by atoms with E-state index in [2.05, 4.69) is 32.8 Å². The first-order chi connectivity index (χ1) is 13.4. The third-order valence-electron chi connectivity index (χ3n) is 4.82. The van der Waals surface area contributed by atoms with Gasteiger partial charge in [0.1, 0.15) is 0 Å². The molecule has 8 heteroatoms. The molecule has 1 fully saturated rings. The molecule has 3 rings (SSSR count). The summed E-state index contributed by atoms with van der Waals surface area (Å²) in [7, 11) is -3.44. The number of hydrogen-bond donors (Lipinski definition) is 1. The maximum absolute atomic E-state index is 12.7. The Bertz CT molecular complexity index is 924. The van der Waals surface area contributed by atoms with Crippen LogP contribution in [0.5, 0.6) is 0 Å². The topological polar surface area (TPSA) is 69.7 Å². The van der Waals surface area contributed by atoms with Crippen molar-refractivity contribution in [3.63, 3.8) is 0 Å². The zero-order chi connectivity index (χ0) is 20.1. The second-order valence-corrected chi connectivity index (χ2v) is 9.89. The zero-order valence-electron chi connectivity index (χ0n) is 15.8. The second kappa shape index (κ2) is 9.34. The molecule has 0 atom stereocenters. The second-order valence-electron chi connectivity index (χ2n) is 6.79. The molecule has 0 aliphatic carbocycles. The Morgan fingerprint density at radius 1 is 1.04 bits per heavy atom. The van der Waals surface area contributed by atoms with Gasteiger partial charge in [0, 0.05) is 42.8 Å². The first-order valence-corrected chi connectivity index (χ1v) is 11.7. The molecule has 1 aliphatic heterocycles. The molecule has 0 spiro atoms. The van der Waals surface area contributed by atoms with E-state index in [0.717, 1.165) is 9.13 Å². The molecular weight excluding hydrogens is 489 g/mol. The van der Waals surface area contributed by atoms with Gasteiger partial charge in [0.05, 0.1) is 10.5 Å². The average molecular weight is 513 g/mol. The minimum absolute atomic E-state index is 0.0782. The van der Waals surface area contributed by atoms with Crippen LogP contribution in [-0.4, -0.2) is 62.8 Å². The Morgan fingerprint density at radius 3 is 2.32 bits per heavy atom. The van der Waals surface area contributed by atoms with Crippen LogP contribution >= 0.6 is 22.6 Å². The van der Waals surface area contributed by atoms with Crippen molar-refractivity contribution in [1.29, 1.82) is 0 Å². The molecule has 1 heterocycles. The van der Waals surface area contributed by atoms with Gasteiger partial charge in [-0.15, -0.1) is 0 Å². The van der Waals surface area contributed by atoms with E-state index in [1.54, 1.807) is 16.4 Å². The molecule has 28 heavy (non-hydrogen) atoms. The highest BCUT2D eigenvalue weighted by atomic mass is 127. The number of nitrogens with zero attached hydrogens (tertiary/aromatic N) is 2.